The molecule has 1 aliphatic heterocycles. The molecular formula is C23H22N4O. The van der Waals surface area contributed by atoms with E-state index in [4.69, 9.17) is 4.98 Å². The number of amides is 1. The molecule has 0 bridgehead atoms. The summed E-state index contributed by atoms with van der Waals surface area (Å²) >= 11 is 0. The molecule has 0 spiro atoms. The smallest absolute Gasteiger partial charge is 0.222 e. The lowest BCUT2D eigenvalue weighted by Crippen LogP contribution is -2.28. The third-order valence-electron chi connectivity index (χ3n) is 5.45. The maximum Gasteiger partial charge on any atom is 0.222 e. The molecule has 1 N–H and O–H groups in total. The second-order valence-electron chi connectivity index (χ2n) is 7.26. The van der Waals surface area contributed by atoms with Crippen molar-refractivity contribution in [2.24, 2.45) is 0 Å². The number of carbonyl (C=O) groups excluding carboxylic acids is 1. The fourth-order valence-corrected chi connectivity index (χ4v) is 4.01. The Morgan fingerprint density at radius 1 is 1.00 bits per heavy atom. The highest BCUT2D eigenvalue weighted by Crippen LogP contribution is 2.32. The summed E-state index contributed by atoms with van der Waals surface area (Å²) in [5.41, 5.74) is 5.27. The topological polar surface area (TPSA) is 53.9 Å². The van der Waals surface area contributed by atoms with Crippen molar-refractivity contribution in [1.82, 2.24) is 19.4 Å². The van der Waals surface area contributed by atoms with Crippen molar-refractivity contribution in [3.8, 4) is 22.6 Å². The van der Waals surface area contributed by atoms with Gasteiger partial charge in [-0.2, -0.15) is 0 Å². The third-order valence-corrected chi connectivity index (χ3v) is 5.45. The van der Waals surface area contributed by atoms with Gasteiger partial charge in [0.15, 0.2) is 0 Å². The molecule has 5 rings (SSSR count). The van der Waals surface area contributed by atoms with E-state index in [1.807, 2.05) is 41.6 Å². The van der Waals surface area contributed by atoms with Crippen LogP contribution in [0.15, 0.2) is 67.0 Å². The van der Waals surface area contributed by atoms with Gasteiger partial charge >= 0.3 is 0 Å². The number of carbonyl (C=O) groups is 1. The molecule has 5 nitrogen and oxygen atoms in total. The Labute approximate surface area is 163 Å². The highest BCUT2D eigenvalue weighted by Gasteiger charge is 2.21. The summed E-state index contributed by atoms with van der Waals surface area (Å²) in [5, 5.41) is 1.18. The number of hydrogen-bond donors (Lipinski definition) is 1. The molecule has 0 saturated carbocycles. The minimum Gasteiger partial charge on any atom is -0.353 e. The minimum absolute atomic E-state index is 0.260. The molecule has 1 amide bonds. The number of aromatic nitrogens is 3. The van der Waals surface area contributed by atoms with Gasteiger partial charge in [-0.25, -0.2) is 4.98 Å². The molecule has 0 radical (unpaired) electrons. The number of fused-ring (bicyclic) bond motifs is 1. The van der Waals surface area contributed by atoms with Crippen LogP contribution < -0.4 is 0 Å². The van der Waals surface area contributed by atoms with Gasteiger partial charge in [-0.15, -0.1) is 0 Å². The first-order valence-corrected chi connectivity index (χ1v) is 9.76. The van der Waals surface area contributed by atoms with Crippen molar-refractivity contribution >= 4 is 16.8 Å². The fourth-order valence-electron chi connectivity index (χ4n) is 4.01. The van der Waals surface area contributed by atoms with E-state index < -0.39 is 0 Å². The predicted molar refractivity (Wildman–Crippen MR) is 111 cm³/mol. The average molecular weight is 370 g/mol. The van der Waals surface area contributed by atoms with Crippen LogP contribution in [-0.2, 0) is 11.3 Å². The van der Waals surface area contributed by atoms with Crippen LogP contribution in [0.5, 0.6) is 0 Å². The molecule has 0 unspecified atom stereocenters. The second-order valence-corrected chi connectivity index (χ2v) is 7.26. The number of nitrogens with one attached hydrogen (secondary N) is 1. The number of imidazole rings is 1. The maximum atomic E-state index is 12.0. The number of benzene rings is 2. The van der Waals surface area contributed by atoms with E-state index in [9.17, 15) is 4.79 Å². The molecule has 3 heterocycles. The number of aromatic amines is 1. The Hall–Kier alpha value is -3.34. The summed E-state index contributed by atoms with van der Waals surface area (Å²) in [7, 11) is 0. The number of rotatable bonds is 5. The second kappa shape index (κ2) is 7.00. The molecule has 2 aromatic carbocycles. The van der Waals surface area contributed by atoms with E-state index in [1.165, 1.54) is 5.39 Å². The van der Waals surface area contributed by atoms with Gasteiger partial charge in [0, 0.05) is 42.5 Å². The Kier molecular flexibility index (Phi) is 4.20. The Morgan fingerprint density at radius 3 is 2.61 bits per heavy atom. The number of H-pyrrole nitrogens is 1. The quantitative estimate of drug-likeness (QED) is 0.569. The van der Waals surface area contributed by atoms with E-state index in [-0.39, 0.29) is 5.91 Å². The predicted octanol–water partition coefficient (Wildman–Crippen LogP) is 4.32. The standard InChI is InChI=1S/C23H22N4O/c28-21-11-6-12-26(21)13-14-27-16-24-22(17-7-2-1-3-8-17)23(27)20-15-18-9-4-5-10-19(18)25-20/h1-5,7-10,15-16,25H,6,11-14H2. The average Bonchev–Trinajstić information content (AvgIpc) is 3.44. The van der Waals surface area contributed by atoms with Gasteiger partial charge in [0.05, 0.1) is 23.4 Å². The lowest BCUT2D eigenvalue weighted by Gasteiger charge is -2.17. The molecule has 5 heteroatoms. The number of likely N-dealkylation sites (tertiary alicyclic amines) is 1. The number of hydrogen-bond acceptors (Lipinski definition) is 2. The molecule has 0 aliphatic carbocycles. The van der Waals surface area contributed by atoms with Crippen LogP contribution in [0.4, 0.5) is 0 Å². The Balaban J connectivity index is 1.57. The van der Waals surface area contributed by atoms with Crippen LogP contribution in [0.1, 0.15) is 12.8 Å². The molecule has 140 valence electrons. The van der Waals surface area contributed by atoms with Crippen molar-refractivity contribution in [3.05, 3.63) is 67.0 Å². The van der Waals surface area contributed by atoms with Crippen LogP contribution in [0.2, 0.25) is 0 Å². The van der Waals surface area contributed by atoms with Crippen LogP contribution in [0, 0.1) is 0 Å². The molecule has 1 aliphatic rings. The highest BCUT2D eigenvalue weighted by molar-refractivity contribution is 5.88. The van der Waals surface area contributed by atoms with Gasteiger partial charge in [-0.05, 0) is 18.6 Å². The molecule has 1 saturated heterocycles. The zero-order valence-corrected chi connectivity index (χ0v) is 15.6. The van der Waals surface area contributed by atoms with E-state index in [0.29, 0.717) is 6.42 Å². The highest BCUT2D eigenvalue weighted by atomic mass is 16.2. The maximum absolute atomic E-state index is 12.0. The third kappa shape index (κ3) is 2.99. The lowest BCUT2D eigenvalue weighted by atomic mass is 10.1. The van der Waals surface area contributed by atoms with Crippen molar-refractivity contribution in [3.63, 3.8) is 0 Å². The summed E-state index contributed by atoms with van der Waals surface area (Å²) in [5.74, 6) is 0.260. The zero-order chi connectivity index (χ0) is 18.9. The van der Waals surface area contributed by atoms with Crippen molar-refractivity contribution in [2.75, 3.05) is 13.1 Å². The first kappa shape index (κ1) is 16.8. The molecule has 1 fully saturated rings. The fraction of sp³-hybridized carbons (Fsp3) is 0.217. The molecule has 28 heavy (non-hydrogen) atoms. The van der Waals surface area contributed by atoms with Crippen LogP contribution in [0.25, 0.3) is 33.5 Å². The molecule has 2 aromatic heterocycles. The van der Waals surface area contributed by atoms with Gasteiger partial charge in [-0.1, -0.05) is 48.5 Å². The summed E-state index contributed by atoms with van der Waals surface area (Å²) in [6.07, 6.45) is 3.53. The van der Waals surface area contributed by atoms with Crippen LogP contribution in [-0.4, -0.2) is 38.4 Å². The van der Waals surface area contributed by atoms with Gasteiger partial charge in [0.25, 0.3) is 0 Å². The van der Waals surface area contributed by atoms with E-state index in [1.54, 1.807) is 0 Å². The molecule has 4 aromatic rings. The van der Waals surface area contributed by atoms with Crippen molar-refractivity contribution in [2.45, 2.75) is 19.4 Å². The first-order chi connectivity index (χ1) is 13.8. The zero-order valence-electron chi connectivity index (χ0n) is 15.6. The van der Waals surface area contributed by atoms with E-state index >= 15 is 0 Å². The normalized spacial score (nSPS) is 14.3. The van der Waals surface area contributed by atoms with Crippen molar-refractivity contribution < 1.29 is 4.79 Å². The van der Waals surface area contributed by atoms with Gasteiger partial charge < -0.3 is 14.5 Å². The first-order valence-electron chi connectivity index (χ1n) is 9.76. The van der Waals surface area contributed by atoms with Gasteiger partial charge in [0.1, 0.15) is 0 Å². The summed E-state index contributed by atoms with van der Waals surface area (Å²) < 4.78 is 2.17. The van der Waals surface area contributed by atoms with Crippen molar-refractivity contribution in [1.29, 1.82) is 0 Å². The largest absolute Gasteiger partial charge is 0.353 e. The number of nitrogens with zero attached hydrogens (tertiary/aromatic N) is 3. The SMILES string of the molecule is O=C1CCCN1CCn1cnc(-c2ccccc2)c1-c1cc2ccccc2[nH]1. The molecule has 0 atom stereocenters. The van der Waals surface area contributed by atoms with Crippen LogP contribution in [0.3, 0.4) is 0 Å². The summed E-state index contributed by atoms with van der Waals surface area (Å²) in [6.45, 7) is 2.31. The monoisotopic (exact) mass is 370 g/mol. The van der Waals surface area contributed by atoms with Crippen LogP contribution >= 0.6 is 0 Å². The Morgan fingerprint density at radius 2 is 1.82 bits per heavy atom. The van der Waals surface area contributed by atoms with E-state index in [2.05, 4.69) is 39.9 Å². The Bertz CT molecular complexity index is 1090. The summed E-state index contributed by atoms with van der Waals surface area (Å²) in [4.78, 5) is 22.2. The van der Waals surface area contributed by atoms with Gasteiger partial charge in [0.2, 0.25) is 5.91 Å². The minimum atomic E-state index is 0.260. The summed E-state index contributed by atoms with van der Waals surface area (Å²) in [6, 6.07) is 20.7. The number of para-hydroxylation sites is 1. The lowest BCUT2D eigenvalue weighted by molar-refractivity contribution is -0.127. The van der Waals surface area contributed by atoms with E-state index in [0.717, 1.165) is 54.2 Å². The molecular weight excluding hydrogens is 348 g/mol. The van der Waals surface area contributed by atoms with Gasteiger partial charge in [-0.3, -0.25) is 4.79 Å².